The molecule has 1 aliphatic rings. The fourth-order valence-corrected chi connectivity index (χ4v) is 2.69. The van der Waals surface area contributed by atoms with E-state index in [1.165, 1.54) is 6.42 Å². The van der Waals surface area contributed by atoms with E-state index in [-0.39, 0.29) is 6.61 Å². The molecule has 4 nitrogen and oxygen atoms in total. The normalized spacial score (nSPS) is 21.1. The standard InChI is InChI=1S/C14H22N2O2/c15-13-3-4-14(18)12(8-13)10-16-6-1-2-11(9-16)5-7-17/h3-4,8,11,17-18H,1-2,5-7,9-10,15H2. The van der Waals surface area contributed by atoms with Crippen molar-refractivity contribution in [3.05, 3.63) is 23.8 Å². The Balaban J connectivity index is 1.98. The highest BCUT2D eigenvalue weighted by molar-refractivity contribution is 5.47. The first-order chi connectivity index (χ1) is 8.69. The molecule has 1 aromatic rings. The highest BCUT2D eigenvalue weighted by Crippen LogP contribution is 2.25. The number of hydrogen-bond acceptors (Lipinski definition) is 4. The molecular formula is C14H22N2O2. The predicted octanol–water partition coefficient (Wildman–Crippen LogP) is 1.57. The van der Waals surface area contributed by atoms with E-state index in [1.807, 2.05) is 6.07 Å². The van der Waals surface area contributed by atoms with Crippen molar-refractivity contribution in [3.63, 3.8) is 0 Å². The molecule has 1 aromatic carbocycles. The van der Waals surface area contributed by atoms with Crippen LogP contribution in [0.2, 0.25) is 0 Å². The number of nitrogen functional groups attached to an aromatic ring is 1. The van der Waals surface area contributed by atoms with Gasteiger partial charge < -0.3 is 15.9 Å². The van der Waals surface area contributed by atoms with Gasteiger partial charge in [0.2, 0.25) is 0 Å². The van der Waals surface area contributed by atoms with E-state index in [1.54, 1.807) is 12.1 Å². The Morgan fingerprint density at radius 2 is 2.22 bits per heavy atom. The van der Waals surface area contributed by atoms with E-state index in [2.05, 4.69) is 4.90 Å². The van der Waals surface area contributed by atoms with E-state index in [4.69, 9.17) is 10.8 Å². The molecule has 0 aromatic heterocycles. The van der Waals surface area contributed by atoms with Crippen LogP contribution in [0.3, 0.4) is 0 Å². The maximum absolute atomic E-state index is 9.81. The van der Waals surface area contributed by atoms with Crippen molar-refractivity contribution in [1.82, 2.24) is 4.90 Å². The zero-order valence-corrected chi connectivity index (χ0v) is 10.7. The summed E-state index contributed by atoms with van der Waals surface area (Å²) in [6.45, 7) is 3.05. The average molecular weight is 250 g/mol. The molecular weight excluding hydrogens is 228 g/mol. The lowest BCUT2D eigenvalue weighted by Gasteiger charge is -2.32. The van der Waals surface area contributed by atoms with Crippen molar-refractivity contribution in [2.24, 2.45) is 5.92 Å². The number of hydrogen-bond donors (Lipinski definition) is 3. The van der Waals surface area contributed by atoms with E-state index in [9.17, 15) is 5.11 Å². The van der Waals surface area contributed by atoms with Crippen molar-refractivity contribution >= 4 is 5.69 Å². The highest BCUT2D eigenvalue weighted by atomic mass is 16.3. The van der Waals surface area contributed by atoms with Crippen molar-refractivity contribution in [1.29, 1.82) is 0 Å². The van der Waals surface area contributed by atoms with Gasteiger partial charge in [-0.25, -0.2) is 0 Å². The fraction of sp³-hybridized carbons (Fsp3) is 0.571. The summed E-state index contributed by atoms with van der Waals surface area (Å²) >= 11 is 0. The molecule has 18 heavy (non-hydrogen) atoms. The lowest BCUT2D eigenvalue weighted by atomic mass is 9.95. The van der Waals surface area contributed by atoms with Crippen LogP contribution >= 0.6 is 0 Å². The lowest BCUT2D eigenvalue weighted by molar-refractivity contribution is 0.141. The quantitative estimate of drug-likeness (QED) is 0.560. The van der Waals surface area contributed by atoms with Crippen LogP contribution in [-0.4, -0.2) is 34.8 Å². The van der Waals surface area contributed by atoms with E-state index in [0.29, 0.717) is 17.4 Å². The predicted molar refractivity (Wildman–Crippen MR) is 72.2 cm³/mol. The number of aliphatic hydroxyl groups is 1. The number of rotatable bonds is 4. The van der Waals surface area contributed by atoms with Crippen LogP contribution < -0.4 is 5.73 Å². The van der Waals surface area contributed by atoms with Crippen LogP contribution in [0.4, 0.5) is 5.69 Å². The SMILES string of the molecule is Nc1ccc(O)c(CN2CCCC(CCO)C2)c1. The topological polar surface area (TPSA) is 69.7 Å². The number of phenols is 1. The minimum Gasteiger partial charge on any atom is -0.508 e. The van der Waals surface area contributed by atoms with Crippen LogP contribution in [0.5, 0.6) is 5.75 Å². The summed E-state index contributed by atoms with van der Waals surface area (Å²) in [5.41, 5.74) is 7.32. The van der Waals surface area contributed by atoms with Gasteiger partial charge in [-0.05, 0) is 49.9 Å². The van der Waals surface area contributed by atoms with E-state index >= 15 is 0 Å². The van der Waals surface area contributed by atoms with Crippen LogP contribution in [0, 0.1) is 5.92 Å². The molecule has 1 saturated heterocycles. The fourth-order valence-electron chi connectivity index (χ4n) is 2.69. The third-order valence-corrected chi connectivity index (χ3v) is 3.64. The largest absolute Gasteiger partial charge is 0.508 e. The molecule has 1 fully saturated rings. The monoisotopic (exact) mass is 250 g/mol. The molecule has 0 saturated carbocycles. The van der Waals surface area contributed by atoms with Crippen molar-refractivity contribution in [3.8, 4) is 5.75 Å². The Kier molecular flexibility index (Phi) is 4.44. The second-order valence-corrected chi connectivity index (χ2v) is 5.14. The smallest absolute Gasteiger partial charge is 0.120 e. The highest BCUT2D eigenvalue weighted by Gasteiger charge is 2.20. The molecule has 0 amide bonds. The maximum atomic E-state index is 9.81. The molecule has 1 heterocycles. The first-order valence-electron chi connectivity index (χ1n) is 6.59. The zero-order valence-electron chi connectivity index (χ0n) is 10.7. The number of nitrogens with two attached hydrogens (primary N) is 1. The first kappa shape index (κ1) is 13.2. The van der Waals surface area contributed by atoms with Gasteiger partial charge in [-0.1, -0.05) is 0 Å². The molecule has 0 radical (unpaired) electrons. The maximum Gasteiger partial charge on any atom is 0.120 e. The second kappa shape index (κ2) is 6.07. The summed E-state index contributed by atoms with van der Waals surface area (Å²) in [6, 6.07) is 5.20. The van der Waals surface area contributed by atoms with Crippen molar-refractivity contribution in [2.75, 3.05) is 25.4 Å². The summed E-state index contributed by atoms with van der Waals surface area (Å²) in [7, 11) is 0. The summed E-state index contributed by atoms with van der Waals surface area (Å²) in [5.74, 6) is 0.889. The molecule has 2 rings (SSSR count). The Morgan fingerprint density at radius 1 is 1.39 bits per heavy atom. The number of aliphatic hydroxyl groups excluding tert-OH is 1. The molecule has 4 N–H and O–H groups in total. The zero-order chi connectivity index (χ0) is 13.0. The molecule has 4 heteroatoms. The van der Waals surface area contributed by atoms with Gasteiger partial charge in [-0.2, -0.15) is 0 Å². The van der Waals surface area contributed by atoms with Crippen LogP contribution in [0.1, 0.15) is 24.8 Å². The molecule has 1 unspecified atom stereocenters. The molecule has 0 spiro atoms. The van der Waals surface area contributed by atoms with E-state index in [0.717, 1.165) is 38.0 Å². The van der Waals surface area contributed by atoms with Gasteiger partial charge in [0.1, 0.15) is 5.75 Å². The van der Waals surface area contributed by atoms with Gasteiger partial charge in [-0.15, -0.1) is 0 Å². The van der Waals surface area contributed by atoms with Gasteiger partial charge in [0.15, 0.2) is 0 Å². The number of aromatic hydroxyl groups is 1. The Labute approximate surface area is 108 Å². The summed E-state index contributed by atoms with van der Waals surface area (Å²) in [4.78, 5) is 2.33. The number of nitrogens with zero attached hydrogens (tertiary/aromatic N) is 1. The van der Waals surface area contributed by atoms with Gasteiger partial charge in [-0.3, -0.25) is 4.90 Å². The third-order valence-electron chi connectivity index (χ3n) is 3.64. The number of likely N-dealkylation sites (tertiary alicyclic amines) is 1. The molecule has 0 bridgehead atoms. The van der Waals surface area contributed by atoms with Crippen molar-refractivity contribution < 1.29 is 10.2 Å². The Morgan fingerprint density at radius 3 is 3.00 bits per heavy atom. The van der Waals surface area contributed by atoms with Gasteiger partial charge >= 0.3 is 0 Å². The summed E-state index contributed by atoms with van der Waals surface area (Å²) < 4.78 is 0. The number of piperidine rings is 1. The Bertz CT molecular complexity index is 393. The van der Waals surface area contributed by atoms with Gasteiger partial charge in [0.05, 0.1) is 0 Å². The lowest BCUT2D eigenvalue weighted by Crippen LogP contribution is -2.35. The Hall–Kier alpha value is -1.26. The van der Waals surface area contributed by atoms with Crippen LogP contribution in [0.15, 0.2) is 18.2 Å². The van der Waals surface area contributed by atoms with Crippen LogP contribution in [-0.2, 0) is 6.54 Å². The van der Waals surface area contributed by atoms with Gasteiger partial charge in [0, 0.05) is 30.9 Å². The van der Waals surface area contributed by atoms with Crippen LogP contribution in [0.25, 0.3) is 0 Å². The average Bonchev–Trinajstić information content (AvgIpc) is 2.35. The number of benzene rings is 1. The minimum atomic E-state index is 0.266. The molecule has 0 aliphatic carbocycles. The second-order valence-electron chi connectivity index (χ2n) is 5.14. The molecule has 1 atom stereocenters. The third kappa shape index (κ3) is 3.37. The minimum absolute atomic E-state index is 0.266. The summed E-state index contributed by atoms with van der Waals surface area (Å²) in [6.07, 6.45) is 3.23. The summed E-state index contributed by atoms with van der Waals surface area (Å²) in [5, 5.41) is 18.8. The first-order valence-corrected chi connectivity index (χ1v) is 6.59. The van der Waals surface area contributed by atoms with Gasteiger partial charge in [0.25, 0.3) is 0 Å². The number of anilines is 1. The molecule has 1 aliphatic heterocycles. The van der Waals surface area contributed by atoms with E-state index < -0.39 is 0 Å². The molecule has 100 valence electrons. The number of phenolic OH excluding ortho intramolecular Hbond substituents is 1. The van der Waals surface area contributed by atoms with Crippen molar-refractivity contribution in [2.45, 2.75) is 25.8 Å².